The molecule has 1 aliphatic heterocycles. The molecule has 158 valence electrons. The van der Waals surface area contributed by atoms with Gasteiger partial charge in [-0.25, -0.2) is 0 Å². The summed E-state index contributed by atoms with van der Waals surface area (Å²) in [5.74, 6) is 0.595. The van der Waals surface area contributed by atoms with E-state index in [0.29, 0.717) is 12.3 Å². The van der Waals surface area contributed by atoms with Gasteiger partial charge in [-0.15, -0.1) is 0 Å². The molecule has 1 N–H and O–H groups in total. The number of carbonyl (C=O) groups excluding carboxylic acids is 1. The van der Waals surface area contributed by atoms with Crippen LogP contribution in [0.3, 0.4) is 0 Å². The first-order valence-corrected chi connectivity index (χ1v) is 10.3. The average Bonchev–Trinajstić information content (AvgIpc) is 3.13. The van der Waals surface area contributed by atoms with Crippen molar-refractivity contribution in [1.29, 1.82) is 0 Å². The van der Waals surface area contributed by atoms with Crippen LogP contribution in [-0.2, 0) is 22.0 Å². The average molecular weight is 400 g/mol. The Labute approximate surface area is 173 Å². The highest BCUT2D eigenvalue weighted by molar-refractivity contribution is 5.77. The van der Waals surface area contributed by atoms with Crippen LogP contribution >= 0.6 is 0 Å². The SMILES string of the molecule is Cn1cccc1C(CNC(=O)COc1ccc(C(C)(C)C)cc1)N1CCOCC1. The maximum atomic E-state index is 12.4. The molecule has 0 aliphatic carbocycles. The number of carbonyl (C=O) groups is 1. The second-order valence-corrected chi connectivity index (χ2v) is 8.58. The van der Waals surface area contributed by atoms with E-state index in [1.165, 1.54) is 11.3 Å². The number of hydrogen-bond acceptors (Lipinski definition) is 4. The second-order valence-electron chi connectivity index (χ2n) is 8.58. The fraction of sp³-hybridized carbons (Fsp3) is 0.522. The number of rotatable bonds is 7. The minimum absolute atomic E-state index is 0.0117. The molecular formula is C23H33N3O3. The minimum Gasteiger partial charge on any atom is -0.484 e. The van der Waals surface area contributed by atoms with Crippen LogP contribution in [0.1, 0.15) is 38.1 Å². The molecule has 6 heteroatoms. The Hall–Kier alpha value is -2.31. The molecule has 2 heterocycles. The summed E-state index contributed by atoms with van der Waals surface area (Å²) >= 11 is 0. The van der Waals surface area contributed by atoms with Gasteiger partial charge in [0.15, 0.2) is 6.61 Å². The maximum Gasteiger partial charge on any atom is 0.258 e. The Morgan fingerprint density at radius 2 is 1.86 bits per heavy atom. The molecule has 1 aliphatic rings. The molecule has 0 radical (unpaired) electrons. The van der Waals surface area contributed by atoms with Crippen molar-refractivity contribution >= 4 is 5.91 Å². The van der Waals surface area contributed by atoms with Crippen LogP contribution < -0.4 is 10.1 Å². The van der Waals surface area contributed by atoms with Crippen molar-refractivity contribution in [3.63, 3.8) is 0 Å². The number of aryl methyl sites for hydroxylation is 1. The van der Waals surface area contributed by atoms with Gasteiger partial charge >= 0.3 is 0 Å². The summed E-state index contributed by atoms with van der Waals surface area (Å²) in [7, 11) is 2.04. The molecule has 1 aromatic heterocycles. The second kappa shape index (κ2) is 9.46. The van der Waals surface area contributed by atoms with Crippen LogP contribution in [0.4, 0.5) is 0 Å². The van der Waals surface area contributed by atoms with Crippen molar-refractivity contribution < 1.29 is 14.3 Å². The molecule has 1 fully saturated rings. The molecule has 0 bridgehead atoms. The molecule has 0 saturated carbocycles. The zero-order valence-electron chi connectivity index (χ0n) is 18.0. The van der Waals surface area contributed by atoms with Crippen molar-refractivity contribution in [2.24, 2.45) is 7.05 Å². The van der Waals surface area contributed by atoms with Gasteiger partial charge in [-0.05, 0) is 35.2 Å². The lowest BCUT2D eigenvalue weighted by atomic mass is 9.87. The third kappa shape index (κ3) is 5.84. The van der Waals surface area contributed by atoms with Crippen LogP contribution in [0.25, 0.3) is 0 Å². The number of aromatic nitrogens is 1. The lowest BCUT2D eigenvalue weighted by Gasteiger charge is -2.34. The first-order chi connectivity index (χ1) is 13.8. The van der Waals surface area contributed by atoms with Gasteiger partial charge in [-0.3, -0.25) is 9.69 Å². The highest BCUT2D eigenvalue weighted by Gasteiger charge is 2.25. The lowest BCUT2D eigenvalue weighted by Crippen LogP contribution is -2.45. The summed E-state index contributed by atoms with van der Waals surface area (Å²) in [6, 6.07) is 12.2. The van der Waals surface area contributed by atoms with Gasteiger partial charge in [0.1, 0.15) is 5.75 Å². The van der Waals surface area contributed by atoms with Gasteiger partial charge in [0, 0.05) is 38.6 Å². The minimum atomic E-state index is -0.114. The molecule has 3 rings (SSSR count). The molecule has 1 unspecified atom stereocenters. The smallest absolute Gasteiger partial charge is 0.258 e. The number of nitrogens with one attached hydrogen (secondary N) is 1. The van der Waals surface area contributed by atoms with E-state index < -0.39 is 0 Å². The summed E-state index contributed by atoms with van der Waals surface area (Å²) in [6.45, 7) is 10.3. The number of benzene rings is 1. The fourth-order valence-electron chi connectivity index (χ4n) is 3.59. The lowest BCUT2D eigenvalue weighted by molar-refractivity contribution is -0.123. The van der Waals surface area contributed by atoms with Gasteiger partial charge in [0.25, 0.3) is 5.91 Å². The van der Waals surface area contributed by atoms with E-state index in [9.17, 15) is 4.79 Å². The Kier molecular flexibility index (Phi) is 6.98. The van der Waals surface area contributed by atoms with E-state index in [4.69, 9.17) is 9.47 Å². The molecule has 1 atom stereocenters. The molecule has 6 nitrogen and oxygen atoms in total. The first kappa shape index (κ1) is 21.4. The monoisotopic (exact) mass is 399 g/mol. The van der Waals surface area contributed by atoms with Crippen LogP contribution in [0.15, 0.2) is 42.6 Å². The standard InChI is InChI=1S/C23H33N3O3/c1-23(2,3)18-7-9-19(10-8-18)29-17-22(27)24-16-21(20-6-5-11-25(20)4)26-12-14-28-15-13-26/h5-11,21H,12-17H2,1-4H3,(H,24,27). The molecule has 29 heavy (non-hydrogen) atoms. The van der Waals surface area contributed by atoms with Crippen molar-refractivity contribution in [3.05, 3.63) is 53.9 Å². The van der Waals surface area contributed by atoms with E-state index in [-0.39, 0.29) is 24.0 Å². The molecule has 0 spiro atoms. The molecule has 1 saturated heterocycles. The summed E-state index contributed by atoms with van der Waals surface area (Å²) in [5.41, 5.74) is 2.53. The summed E-state index contributed by atoms with van der Waals surface area (Å²) in [5, 5.41) is 3.04. The number of ether oxygens (including phenoxy) is 2. The van der Waals surface area contributed by atoms with E-state index >= 15 is 0 Å². The zero-order valence-corrected chi connectivity index (χ0v) is 18.0. The number of hydrogen-bond donors (Lipinski definition) is 1. The Morgan fingerprint density at radius 3 is 2.45 bits per heavy atom. The third-order valence-electron chi connectivity index (χ3n) is 5.39. The maximum absolute atomic E-state index is 12.4. The number of morpholine rings is 1. The number of amides is 1. The van der Waals surface area contributed by atoms with Crippen LogP contribution in [0.5, 0.6) is 5.75 Å². The molecule has 2 aromatic rings. The van der Waals surface area contributed by atoms with Crippen LogP contribution in [0, 0.1) is 0 Å². The Balaban J connectivity index is 1.54. The van der Waals surface area contributed by atoms with E-state index in [1.54, 1.807) is 0 Å². The van der Waals surface area contributed by atoms with Crippen LogP contribution in [-0.4, -0.2) is 54.8 Å². The summed E-state index contributed by atoms with van der Waals surface area (Å²) < 4.78 is 13.3. The number of nitrogens with zero attached hydrogens (tertiary/aromatic N) is 2. The summed E-state index contributed by atoms with van der Waals surface area (Å²) in [6.07, 6.45) is 2.04. The normalized spacial score (nSPS) is 16.4. The van der Waals surface area contributed by atoms with Crippen molar-refractivity contribution in [2.75, 3.05) is 39.5 Å². The van der Waals surface area contributed by atoms with E-state index in [2.05, 4.69) is 53.8 Å². The molecule has 1 aromatic carbocycles. The van der Waals surface area contributed by atoms with Crippen molar-refractivity contribution in [2.45, 2.75) is 32.2 Å². The third-order valence-corrected chi connectivity index (χ3v) is 5.39. The zero-order chi connectivity index (χ0) is 20.9. The molecular weight excluding hydrogens is 366 g/mol. The highest BCUT2D eigenvalue weighted by Crippen LogP contribution is 2.24. The predicted octanol–water partition coefficient (Wildman–Crippen LogP) is 2.89. The van der Waals surface area contributed by atoms with Gasteiger partial charge in [0.05, 0.1) is 19.3 Å². The molecule has 1 amide bonds. The largest absolute Gasteiger partial charge is 0.484 e. The van der Waals surface area contributed by atoms with Gasteiger partial charge < -0.3 is 19.4 Å². The van der Waals surface area contributed by atoms with Gasteiger partial charge in [-0.2, -0.15) is 0 Å². The highest BCUT2D eigenvalue weighted by atomic mass is 16.5. The topological polar surface area (TPSA) is 55.7 Å². The Morgan fingerprint density at radius 1 is 1.17 bits per heavy atom. The van der Waals surface area contributed by atoms with Gasteiger partial charge in [-0.1, -0.05) is 32.9 Å². The van der Waals surface area contributed by atoms with E-state index in [0.717, 1.165) is 26.3 Å². The predicted molar refractivity (Wildman–Crippen MR) is 114 cm³/mol. The van der Waals surface area contributed by atoms with E-state index in [1.807, 2.05) is 31.4 Å². The quantitative estimate of drug-likeness (QED) is 0.778. The fourth-order valence-corrected chi connectivity index (χ4v) is 3.59. The van der Waals surface area contributed by atoms with Crippen molar-refractivity contribution in [3.8, 4) is 5.75 Å². The van der Waals surface area contributed by atoms with Crippen LogP contribution in [0.2, 0.25) is 0 Å². The Bertz CT molecular complexity index is 786. The first-order valence-electron chi connectivity index (χ1n) is 10.3. The van der Waals surface area contributed by atoms with Gasteiger partial charge in [0.2, 0.25) is 0 Å². The van der Waals surface area contributed by atoms with Crippen molar-refractivity contribution in [1.82, 2.24) is 14.8 Å². The summed E-state index contributed by atoms with van der Waals surface area (Å²) in [4.78, 5) is 14.8.